The first kappa shape index (κ1) is 25.1. The lowest BCUT2D eigenvalue weighted by Crippen LogP contribution is -2.46. The van der Waals surface area contributed by atoms with E-state index in [0.29, 0.717) is 36.6 Å². The highest BCUT2D eigenvalue weighted by Gasteiger charge is 2.28. The first-order chi connectivity index (χ1) is 14.8. The van der Waals surface area contributed by atoms with Crippen molar-refractivity contribution < 1.29 is 19.1 Å². The van der Waals surface area contributed by atoms with Crippen LogP contribution in [0, 0.1) is 5.92 Å². The molecule has 7 nitrogen and oxygen atoms in total. The molecule has 3 atom stereocenters. The molecule has 1 N–H and O–H groups in total. The van der Waals surface area contributed by atoms with Crippen molar-refractivity contribution in [3.05, 3.63) is 23.8 Å². The molecule has 0 aromatic heterocycles. The van der Waals surface area contributed by atoms with Gasteiger partial charge in [0.1, 0.15) is 12.4 Å². The maximum absolute atomic E-state index is 13.2. The monoisotopic (exact) mass is 433 g/mol. The van der Waals surface area contributed by atoms with Gasteiger partial charge < -0.3 is 19.7 Å². The number of hydrogen-bond donors (Lipinski definition) is 1. The Balaban J connectivity index is 2.38. The number of likely N-dealkylation sites (N-methyl/N-ethyl adjacent to an activating group) is 1. The molecule has 7 heteroatoms. The number of ether oxygens (including phenoxy) is 2. The number of anilines is 1. The average Bonchev–Trinajstić information content (AvgIpc) is 2.74. The van der Waals surface area contributed by atoms with Crippen molar-refractivity contribution in [2.45, 2.75) is 59.1 Å². The molecule has 0 spiro atoms. The fourth-order valence-corrected chi connectivity index (χ4v) is 3.97. The smallest absolute Gasteiger partial charge is 0.257 e. The van der Waals surface area contributed by atoms with Crippen molar-refractivity contribution in [1.82, 2.24) is 9.80 Å². The molecule has 0 fully saturated rings. The summed E-state index contributed by atoms with van der Waals surface area (Å²) in [5.41, 5.74) is 1.13. The SMILES string of the molecule is CCCC(=O)Nc1ccc2c(c1)OC[C@@H](C)N(CCC)C[C@H](C)[C@H](OC)CN(C)C2=O. The van der Waals surface area contributed by atoms with Crippen molar-refractivity contribution in [3.63, 3.8) is 0 Å². The summed E-state index contributed by atoms with van der Waals surface area (Å²) in [5.74, 6) is 0.606. The van der Waals surface area contributed by atoms with E-state index >= 15 is 0 Å². The van der Waals surface area contributed by atoms with Crippen LogP contribution in [0.25, 0.3) is 0 Å². The van der Waals surface area contributed by atoms with Crippen molar-refractivity contribution >= 4 is 17.5 Å². The number of amides is 2. The third-order valence-electron chi connectivity index (χ3n) is 5.85. The minimum atomic E-state index is -0.116. The highest BCUT2D eigenvalue weighted by atomic mass is 16.5. The van der Waals surface area contributed by atoms with Crippen molar-refractivity contribution in [3.8, 4) is 5.75 Å². The lowest BCUT2D eigenvalue weighted by atomic mass is 10.0. The Kier molecular flexibility index (Phi) is 9.78. The van der Waals surface area contributed by atoms with E-state index < -0.39 is 0 Å². The summed E-state index contributed by atoms with van der Waals surface area (Å²) in [6.07, 6.45) is 2.23. The first-order valence-corrected chi connectivity index (χ1v) is 11.4. The average molecular weight is 434 g/mol. The van der Waals surface area contributed by atoms with E-state index in [2.05, 4.69) is 31.0 Å². The minimum absolute atomic E-state index is 0.0431. The number of nitrogens with zero attached hydrogens (tertiary/aromatic N) is 2. The summed E-state index contributed by atoms with van der Waals surface area (Å²) in [6.45, 7) is 11.3. The molecule has 0 saturated heterocycles. The van der Waals surface area contributed by atoms with Crippen molar-refractivity contribution in [2.24, 2.45) is 5.92 Å². The molecule has 1 aliphatic rings. The predicted molar refractivity (Wildman–Crippen MR) is 124 cm³/mol. The number of carbonyl (C=O) groups is 2. The molecule has 0 aliphatic carbocycles. The van der Waals surface area contributed by atoms with Crippen LogP contribution >= 0.6 is 0 Å². The first-order valence-electron chi connectivity index (χ1n) is 11.4. The standard InChI is InChI=1S/C24H39N3O4/c1-7-9-23(28)25-19-10-11-20-21(13-19)31-16-18(4)27(12-8-2)14-17(3)22(30-6)15-26(5)24(20)29/h10-11,13,17-18,22H,7-9,12,14-16H2,1-6H3,(H,25,28)/t17-,18+,22+/m0/s1. The van der Waals surface area contributed by atoms with Gasteiger partial charge in [0.15, 0.2) is 0 Å². The molecular formula is C24H39N3O4. The maximum atomic E-state index is 13.2. The molecule has 1 heterocycles. The lowest BCUT2D eigenvalue weighted by molar-refractivity contribution is -0.116. The molecule has 2 rings (SSSR count). The Morgan fingerprint density at radius 1 is 1.23 bits per heavy atom. The predicted octanol–water partition coefficient (Wildman–Crippen LogP) is 3.64. The highest BCUT2D eigenvalue weighted by Crippen LogP contribution is 2.27. The van der Waals surface area contributed by atoms with Crippen LogP contribution in [0.15, 0.2) is 18.2 Å². The zero-order valence-electron chi connectivity index (χ0n) is 19.9. The molecule has 0 unspecified atom stereocenters. The van der Waals surface area contributed by atoms with Crippen LogP contribution in [-0.2, 0) is 9.53 Å². The van der Waals surface area contributed by atoms with Gasteiger partial charge in [-0.3, -0.25) is 14.5 Å². The molecule has 1 aliphatic heterocycles. The quantitative estimate of drug-likeness (QED) is 0.742. The summed E-state index contributed by atoms with van der Waals surface area (Å²) < 4.78 is 11.9. The van der Waals surface area contributed by atoms with Crippen LogP contribution in [0.1, 0.15) is 57.3 Å². The van der Waals surface area contributed by atoms with Gasteiger partial charge in [-0.15, -0.1) is 0 Å². The molecule has 1 aromatic rings. The van der Waals surface area contributed by atoms with E-state index in [9.17, 15) is 9.59 Å². The number of carbonyl (C=O) groups excluding carboxylic acids is 2. The summed E-state index contributed by atoms with van der Waals surface area (Å²) >= 11 is 0. The van der Waals surface area contributed by atoms with E-state index in [-0.39, 0.29) is 29.9 Å². The van der Waals surface area contributed by atoms with Gasteiger partial charge in [-0.25, -0.2) is 0 Å². The van der Waals surface area contributed by atoms with Gasteiger partial charge in [0, 0.05) is 51.5 Å². The molecule has 0 radical (unpaired) electrons. The van der Waals surface area contributed by atoms with E-state index in [1.165, 1.54) is 0 Å². The highest BCUT2D eigenvalue weighted by molar-refractivity contribution is 5.98. The van der Waals surface area contributed by atoms with Crippen LogP contribution in [-0.4, -0.2) is 74.2 Å². The Morgan fingerprint density at radius 3 is 2.61 bits per heavy atom. The number of nitrogens with one attached hydrogen (secondary N) is 1. The maximum Gasteiger partial charge on any atom is 0.257 e. The van der Waals surface area contributed by atoms with E-state index in [4.69, 9.17) is 9.47 Å². The van der Waals surface area contributed by atoms with Gasteiger partial charge in [-0.05, 0) is 44.4 Å². The second kappa shape index (κ2) is 12.1. The second-order valence-corrected chi connectivity index (χ2v) is 8.60. The Morgan fingerprint density at radius 2 is 1.97 bits per heavy atom. The number of rotatable bonds is 6. The number of hydrogen-bond acceptors (Lipinski definition) is 5. The van der Waals surface area contributed by atoms with Gasteiger partial charge in [0.2, 0.25) is 5.91 Å². The Labute approximate surface area is 187 Å². The van der Waals surface area contributed by atoms with Gasteiger partial charge in [0.05, 0.1) is 11.7 Å². The molecule has 174 valence electrons. The van der Waals surface area contributed by atoms with Gasteiger partial charge in [-0.2, -0.15) is 0 Å². The largest absolute Gasteiger partial charge is 0.491 e. The van der Waals surface area contributed by atoms with Gasteiger partial charge in [0.25, 0.3) is 5.91 Å². The van der Waals surface area contributed by atoms with E-state index in [0.717, 1.165) is 25.9 Å². The third kappa shape index (κ3) is 6.94. The van der Waals surface area contributed by atoms with Gasteiger partial charge in [-0.1, -0.05) is 20.8 Å². The van der Waals surface area contributed by atoms with Gasteiger partial charge >= 0.3 is 0 Å². The molecular weight excluding hydrogens is 394 g/mol. The van der Waals surface area contributed by atoms with Crippen LogP contribution in [0.2, 0.25) is 0 Å². The summed E-state index contributed by atoms with van der Waals surface area (Å²) in [5, 5.41) is 2.89. The third-order valence-corrected chi connectivity index (χ3v) is 5.85. The zero-order valence-corrected chi connectivity index (χ0v) is 19.9. The van der Waals surface area contributed by atoms with Crippen LogP contribution in [0.4, 0.5) is 5.69 Å². The molecule has 1 aromatic carbocycles. The summed E-state index contributed by atoms with van der Waals surface area (Å²) in [6, 6.07) is 5.43. The number of benzene rings is 1. The second-order valence-electron chi connectivity index (χ2n) is 8.60. The molecule has 31 heavy (non-hydrogen) atoms. The number of methoxy groups -OCH3 is 1. The van der Waals surface area contributed by atoms with E-state index in [1.807, 2.05) is 6.92 Å². The Hall–Kier alpha value is -2.12. The van der Waals surface area contributed by atoms with E-state index in [1.54, 1.807) is 37.3 Å². The zero-order chi connectivity index (χ0) is 23.0. The minimum Gasteiger partial charge on any atom is -0.491 e. The fourth-order valence-electron chi connectivity index (χ4n) is 3.97. The van der Waals surface area contributed by atoms with Crippen LogP contribution in [0.5, 0.6) is 5.75 Å². The fraction of sp³-hybridized carbons (Fsp3) is 0.667. The lowest BCUT2D eigenvalue weighted by Gasteiger charge is -2.35. The normalized spacial score (nSPS) is 23.4. The number of fused-ring (bicyclic) bond motifs is 1. The summed E-state index contributed by atoms with van der Waals surface area (Å²) in [7, 11) is 3.50. The topological polar surface area (TPSA) is 71.1 Å². The van der Waals surface area contributed by atoms with Crippen LogP contribution < -0.4 is 10.1 Å². The molecule has 2 amide bonds. The molecule has 0 bridgehead atoms. The summed E-state index contributed by atoms with van der Waals surface area (Å²) in [4.78, 5) is 29.3. The van der Waals surface area contributed by atoms with Crippen molar-refractivity contribution in [1.29, 1.82) is 0 Å². The van der Waals surface area contributed by atoms with Crippen molar-refractivity contribution in [2.75, 3.05) is 45.7 Å². The molecule has 0 saturated carbocycles. The van der Waals surface area contributed by atoms with Crippen LogP contribution in [0.3, 0.4) is 0 Å². The Bertz CT molecular complexity index is 740.